The van der Waals surface area contributed by atoms with Gasteiger partial charge in [0.05, 0.1) is 11.6 Å². The third kappa shape index (κ3) is 3.75. The molecule has 0 amide bonds. The Morgan fingerprint density at radius 2 is 2.28 bits per heavy atom. The zero-order valence-electron chi connectivity index (χ0n) is 10.5. The Hall–Kier alpha value is -1.00. The molecule has 98 valence electrons. The molecule has 1 aromatic carbocycles. The Morgan fingerprint density at radius 3 is 2.94 bits per heavy atom. The van der Waals surface area contributed by atoms with Crippen LogP contribution in [0.4, 0.5) is 0 Å². The smallest absolute Gasteiger partial charge is 0.175 e. The molecule has 0 aromatic heterocycles. The van der Waals surface area contributed by atoms with Gasteiger partial charge >= 0.3 is 0 Å². The van der Waals surface area contributed by atoms with Crippen LogP contribution in [0, 0.1) is 0 Å². The van der Waals surface area contributed by atoms with Crippen molar-refractivity contribution in [2.45, 2.75) is 18.9 Å². The summed E-state index contributed by atoms with van der Waals surface area (Å²) in [5, 5.41) is 3.41. The highest BCUT2D eigenvalue weighted by atomic mass is 79.9. The van der Waals surface area contributed by atoms with Crippen molar-refractivity contribution in [3.05, 3.63) is 34.8 Å². The number of methoxy groups -OCH3 is 1. The van der Waals surface area contributed by atoms with Gasteiger partial charge in [-0.25, -0.2) is 0 Å². The summed E-state index contributed by atoms with van der Waals surface area (Å²) in [6.07, 6.45) is 2.57. The average molecular weight is 312 g/mol. The maximum absolute atomic E-state index is 5.76. The minimum Gasteiger partial charge on any atom is -0.493 e. The number of benzene rings is 1. The van der Waals surface area contributed by atoms with Crippen LogP contribution in [0.25, 0.3) is 0 Å². The van der Waals surface area contributed by atoms with Crippen LogP contribution < -0.4 is 14.8 Å². The topological polar surface area (TPSA) is 30.5 Å². The lowest BCUT2D eigenvalue weighted by molar-refractivity contribution is 0.315. The summed E-state index contributed by atoms with van der Waals surface area (Å²) in [4.78, 5) is 0. The first-order valence-electron chi connectivity index (χ1n) is 6.06. The van der Waals surface area contributed by atoms with Crippen molar-refractivity contribution in [3.63, 3.8) is 0 Å². The van der Waals surface area contributed by atoms with E-state index in [0.717, 1.165) is 28.1 Å². The Kier molecular flexibility index (Phi) is 4.66. The molecule has 0 bridgehead atoms. The van der Waals surface area contributed by atoms with Crippen molar-refractivity contribution in [2.75, 3.05) is 20.3 Å². The van der Waals surface area contributed by atoms with E-state index in [1.807, 2.05) is 18.2 Å². The van der Waals surface area contributed by atoms with Gasteiger partial charge in [-0.1, -0.05) is 12.6 Å². The van der Waals surface area contributed by atoms with Gasteiger partial charge in [0.1, 0.15) is 6.61 Å². The molecule has 1 N–H and O–H groups in total. The molecule has 0 aliphatic heterocycles. The maximum Gasteiger partial charge on any atom is 0.175 e. The molecule has 3 nitrogen and oxygen atoms in total. The second-order valence-corrected chi connectivity index (χ2v) is 5.32. The summed E-state index contributed by atoms with van der Waals surface area (Å²) in [6.45, 7) is 5.33. The predicted octanol–water partition coefficient (Wildman–Crippen LogP) is 3.14. The van der Waals surface area contributed by atoms with Gasteiger partial charge in [0.2, 0.25) is 0 Å². The second-order valence-electron chi connectivity index (χ2n) is 4.47. The molecule has 1 fully saturated rings. The first-order chi connectivity index (χ1) is 8.70. The van der Waals surface area contributed by atoms with Crippen molar-refractivity contribution in [1.29, 1.82) is 0 Å². The molecule has 1 aromatic rings. The van der Waals surface area contributed by atoms with Crippen molar-refractivity contribution in [1.82, 2.24) is 5.32 Å². The first kappa shape index (κ1) is 13.4. The molecule has 18 heavy (non-hydrogen) atoms. The van der Waals surface area contributed by atoms with Crippen LogP contribution >= 0.6 is 15.9 Å². The number of hydrogen-bond acceptors (Lipinski definition) is 3. The zero-order valence-corrected chi connectivity index (χ0v) is 12.1. The number of nitrogens with one attached hydrogen (secondary N) is 1. The van der Waals surface area contributed by atoms with Gasteiger partial charge in [-0.15, -0.1) is 0 Å². The van der Waals surface area contributed by atoms with Crippen LogP contribution in [-0.4, -0.2) is 26.3 Å². The molecule has 0 spiro atoms. The Bertz CT molecular complexity index is 430. The van der Waals surface area contributed by atoms with Gasteiger partial charge in [0.15, 0.2) is 11.5 Å². The monoisotopic (exact) mass is 311 g/mol. The fraction of sp³-hybridized carbons (Fsp3) is 0.429. The van der Waals surface area contributed by atoms with Crippen LogP contribution in [0.2, 0.25) is 0 Å². The number of para-hydroxylation sites is 1. The molecular formula is C14H18BrNO2. The fourth-order valence-electron chi connectivity index (χ4n) is 1.59. The largest absolute Gasteiger partial charge is 0.493 e. The lowest BCUT2D eigenvalue weighted by Crippen LogP contribution is -2.21. The van der Waals surface area contributed by atoms with Gasteiger partial charge in [-0.05, 0) is 46.5 Å². The van der Waals surface area contributed by atoms with Crippen LogP contribution in [0.15, 0.2) is 34.8 Å². The predicted molar refractivity (Wildman–Crippen MR) is 76.4 cm³/mol. The van der Waals surface area contributed by atoms with Crippen molar-refractivity contribution in [2.24, 2.45) is 0 Å². The minimum atomic E-state index is 0.499. The number of hydrogen-bond donors (Lipinski definition) is 1. The van der Waals surface area contributed by atoms with E-state index in [-0.39, 0.29) is 0 Å². The molecule has 2 rings (SSSR count). The lowest BCUT2D eigenvalue weighted by atomic mass is 10.3. The summed E-state index contributed by atoms with van der Waals surface area (Å²) >= 11 is 3.46. The van der Waals surface area contributed by atoms with E-state index in [0.29, 0.717) is 12.6 Å². The fourth-order valence-corrected chi connectivity index (χ4v) is 2.05. The summed E-state index contributed by atoms with van der Waals surface area (Å²) in [5.41, 5.74) is 1.04. The molecule has 0 unspecified atom stereocenters. The van der Waals surface area contributed by atoms with Crippen LogP contribution in [0.3, 0.4) is 0 Å². The van der Waals surface area contributed by atoms with E-state index in [1.165, 1.54) is 12.8 Å². The zero-order chi connectivity index (χ0) is 13.0. The molecular weight excluding hydrogens is 294 g/mol. The molecule has 1 aliphatic carbocycles. The summed E-state index contributed by atoms with van der Waals surface area (Å²) in [6, 6.07) is 6.42. The number of halogens is 1. The molecule has 1 aliphatic rings. The highest BCUT2D eigenvalue weighted by Crippen LogP contribution is 2.34. The molecule has 0 radical (unpaired) electrons. The normalized spacial score (nSPS) is 14.3. The molecule has 0 heterocycles. The average Bonchev–Trinajstić information content (AvgIpc) is 3.18. The third-order valence-corrected chi connectivity index (χ3v) is 3.41. The standard InChI is InChI=1S/C14H18BrNO2/c1-10(8-16-11-6-7-11)9-18-14-12(15)4-3-5-13(14)17-2/h3-5,11,16H,1,6-9H2,2H3. The van der Waals surface area contributed by atoms with Gasteiger partial charge in [-0.2, -0.15) is 0 Å². The summed E-state index contributed by atoms with van der Waals surface area (Å²) in [7, 11) is 1.64. The van der Waals surface area contributed by atoms with Crippen LogP contribution in [0.1, 0.15) is 12.8 Å². The van der Waals surface area contributed by atoms with Gasteiger partial charge in [-0.3, -0.25) is 0 Å². The van der Waals surface area contributed by atoms with Gasteiger partial charge in [0.25, 0.3) is 0 Å². The van der Waals surface area contributed by atoms with E-state index in [9.17, 15) is 0 Å². The summed E-state index contributed by atoms with van der Waals surface area (Å²) in [5.74, 6) is 1.46. The minimum absolute atomic E-state index is 0.499. The maximum atomic E-state index is 5.76. The lowest BCUT2D eigenvalue weighted by Gasteiger charge is -2.13. The van der Waals surface area contributed by atoms with E-state index in [1.54, 1.807) is 7.11 Å². The van der Waals surface area contributed by atoms with Crippen molar-refractivity contribution >= 4 is 15.9 Å². The highest BCUT2D eigenvalue weighted by molar-refractivity contribution is 9.10. The van der Waals surface area contributed by atoms with Crippen LogP contribution in [0.5, 0.6) is 11.5 Å². The van der Waals surface area contributed by atoms with E-state index in [4.69, 9.17) is 9.47 Å². The quantitative estimate of drug-likeness (QED) is 0.785. The van der Waals surface area contributed by atoms with Crippen LogP contribution in [-0.2, 0) is 0 Å². The Balaban J connectivity index is 1.86. The Morgan fingerprint density at radius 1 is 1.50 bits per heavy atom. The Labute approximate surface area is 116 Å². The SMILES string of the molecule is C=C(CNC1CC1)COc1c(Br)cccc1OC. The second kappa shape index (κ2) is 6.25. The molecule has 0 atom stereocenters. The molecule has 1 saturated carbocycles. The van der Waals surface area contributed by atoms with Crippen molar-refractivity contribution in [3.8, 4) is 11.5 Å². The first-order valence-corrected chi connectivity index (χ1v) is 6.85. The third-order valence-electron chi connectivity index (χ3n) is 2.79. The van der Waals surface area contributed by atoms with E-state index in [2.05, 4.69) is 27.8 Å². The van der Waals surface area contributed by atoms with E-state index < -0.39 is 0 Å². The number of ether oxygens (including phenoxy) is 2. The molecule has 4 heteroatoms. The summed E-state index contributed by atoms with van der Waals surface area (Å²) < 4.78 is 11.9. The molecule has 0 saturated heterocycles. The highest BCUT2D eigenvalue weighted by Gasteiger charge is 2.20. The van der Waals surface area contributed by atoms with E-state index >= 15 is 0 Å². The van der Waals surface area contributed by atoms with Gasteiger partial charge < -0.3 is 14.8 Å². The van der Waals surface area contributed by atoms with Gasteiger partial charge in [0, 0.05) is 12.6 Å². The number of rotatable bonds is 7. The van der Waals surface area contributed by atoms with Crippen molar-refractivity contribution < 1.29 is 9.47 Å².